The van der Waals surface area contributed by atoms with E-state index in [0.717, 1.165) is 37.4 Å². The first-order valence-corrected chi connectivity index (χ1v) is 7.94. The second-order valence-corrected chi connectivity index (χ2v) is 6.34. The average Bonchev–Trinajstić information content (AvgIpc) is 2.49. The van der Waals surface area contributed by atoms with Crippen molar-refractivity contribution in [2.45, 2.75) is 46.5 Å². The molecule has 0 heterocycles. The Morgan fingerprint density at radius 3 is 2.43 bits per heavy atom. The normalized spacial score (nSPS) is 11.5. The summed E-state index contributed by atoms with van der Waals surface area (Å²) in [6.45, 7) is 9.09. The second-order valence-electron chi connectivity index (χ2n) is 6.34. The summed E-state index contributed by atoms with van der Waals surface area (Å²) in [6, 6.07) is 6.02. The van der Waals surface area contributed by atoms with Gasteiger partial charge in [0.25, 0.3) is 0 Å². The minimum absolute atomic E-state index is 0.328. The molecule has 3 nitrogen and oxygen atoms in total. The molecule has 0 bridgehead atoms. The van der Waals surface area contributed by atoms with Crippen molar-refractivity contribution in [2.24, 2.45) is 5.41 Å². The van der Waals surface area contributed by atoms with Crippen LogP contribution in [-0.4, -0.2) is 27.3 Å². The van der Waals surface area contributed by atoms with Gasteiger partial charge >= 0.3 is 0 Å². The van der Waals surface area contributed by atoms with E-state index >= 15 is 0 Å². The van der Waals surface area contributed by atoms with Gasteiger partial charge in [-0.05, 0) is 68.0 Å². The maximum absolute atomic E-state index is 5.46. The van der Waals surface area contributed by atoms with E-state index in [4.69, 9.17) is 9.47 Å². The van der Waals surface area contributed by atoms with Crippen molar-refractivity contribution in [2.75, 3.05) is 27.3 Å². The van der Waals surface area contributed by atoms with Crippen molar-refractivity contribution >= 4 is 0 Å². The summed E-state index contributed by atoms with van der Waals surface area (Å²) in [4.78, 5) is 0. The molecule has 0 atom stereocenters. The van der Waals surface area contributed by atoms with Gasteiger partial charge in [0.1, 0.15) is 11.5 Å². The average molecular weight is 293 g/mol. The lowest BCUT2D eigenvalue weighted by Gasteiger charge is -2.25. The fourth-order valence-corrected chi connectivity index (χ4v) is 2.40. The summed E-state index contributed by atoms with van der Waals surface area (Å²) in [6.07, 6.45) is 4.55. The van der Waals surface area contributed by atoms with Crippen molar-refractivity contribution in [3.63, 3.8) is 0 Å². The van der Waals surface area contributed by atoms with Gasteiger partial charge in [0, 0.05) is 0 Å². The van der Waals surface area contributed by atoms with Crippen LogP contribution in [0.25, 0.3) is 0 Å². The van der Waals surface area contributed by atoms with Gasteiger partial charge in [-0.3, -0.25) is 0 Å². The van der Waals surface area contributed by atoms with Crippen molar-refractivity contribution in [3.8, 4) is 11.5 Å². The summed E-state index contributed by atoms with van der Waals surface area (Å²) in [5.74, 6) is 1.85. The van der Waals surface area contributed by atoms with E-state index in [2.05, 4.69) is 32.2 Å². The fraction of sp³-hybridized carbons (Fsp3) is 0.667. The third-order valence-corrected chi connectivity index (χ3v) is 3.96. The van der Waals surface area contributed by atoms with E-state index in [1.807, 2.05) is 12.1 Å². The van der Waals surface area contributed by atoms with E-state index in [1.54, 1.807) is 14.2 Å². The van der Waals surface area contributed by atoms with Gasteiger partial charge in [-0.2, -0.15) is 0 Å². The Morgan fingerprint density at radius 2 is 1.81 bits per heavy atom. The van der Waals surface area contributed by atoms with Gasteiger partial charge in [-0.1, -0.05) is 20.8 Å². The highest BCUT2D eigenvalue weighted by Crippen LogP contribution is 2.31. The highest BCUT2D eigenvalue weighted by Gasteiger charge is 2.18. The van der Waals surface area contributed by atoms with Gasteiger partial charge in [0.2, 0.25) is 0 Å². The first kappa shape index (κ1) is 17.8. The van der Waals surface area contributed by atoms with Crippen molar-refractivity contribution in [1.29, 1.82) is 0 Å². The van der Waals surface area contributed by atoms with Crippen LogP contribution < -0.4 is 14.8 Å². The largest absolute Gasteiger partial charge is 0.497 e. The fourth-order valence-electron chi connectivity index (χ4n) is 2.40. The molecule has 0 radical (unpaired) electrons. The zero-order valence-electron chi connectivity index (χ0n) is 14.3. The molecule has 0 aliphatic carbocycles. The number of hydrogen-bond donors (Lipinski definition) is 1. The lowest BCUT2D eigenvalue weighted by Crippen LogP contribution is -2.23. The molecule has 0 aliphatic heterocycles. The molecule has 1 aromatic rings. The summed E-state index contributed by atoms with van der Waals surface area (Å²) in [5.41, 5.74) is 1.56. The molecule has 0 aromatic heterocycles. The monoisotopic (exact) mass is 293 g/mol. The maximum Gasteiger partial charge on any atom is 0.122 e. The number of rotatable bonds is 10. The van der Waals surface area contributed by atoms with E-state index in [-0.39, 0.29) is 0 Å². The third-order valence-electron chi connectivity index (χ3n) is 3.96. The second kappa shape index (κ2) is 8.93. The van der Waals surface area contributed by atoms with Crippen molar-refractivity contribution in [1.82, 2.24) is 5.32 Å². The summed E-state index contributed by atoms with van der Waals surface area (Å²) in [7, 11) is 3.43. The Kier molecular flexibility index (Phi) is 7.58. The number of hydrogen-bond acceptors (Lipinski definition) is 3. The Bertz CT molecular complexity index is 416. The van der Waals surface area contributed by atoms with Crippen LogP contribution in [0.5, 0.6) is 11.5 Å². The smallest absolute Gasteiger partial charge is 0.122 e. The van der Waals surface area contributed by atoms with Crippen LogP contribution in [0.3, 0.4) is 0 Å². The summed E-state index contributed by atoms with van der Waals surface area (Å²) >= 11 is 0. The molecule has 1 rings (SSSR count). The molecule has 1 N–H and O–H groups in total. The Morgan fingerprint density at radius 1 is 1.05 bits per heavy atom. The highest BCUT2D eigenvalue weighted by atomic mass is 16.5. The molecule has 1 aromatic carbocycles. The van der Waals surface area contributed by atoms with Crippen LogP contribution in [0, 0.1) is 5.41 Å². The van der Waals surface area contributed by atoms with E-state index in [0.29, 0.717) is 5.41 Å². The molecular weight excluding hydrogens is 262 g/mol. The molecule has 0 amide bonds. The standard InChI is InChI=1S/C18H31NO2/c1-6-12-19-13-11-18(2,3)10-9-15-14-16(20-4)7-8-17(15)21-5/h7-8,14,19H,6,9-13H2,1-5H3. The SMILES string of the molecule is CCCNCCC(C)(C)CCc1cc(OC)ccc1OC. The zero-order chi connectivity index (χ0) is 15.7. The van der Waals surface area contributed by atoms with Crippen molar-refractivity contribution < 1.29 is 9.47 Å². The summed E-state index contributed by atoms with van der Waals surface area (Å²) in [5, 5.41) is 3.49. The Hall–Kier alpha value is -1.22. The van der Waals surface area contributed by atoms with E-state index < -0.39 is 0 Å². The van der Waals surface area contributed by atoms with Crippen LogP contribution >= 0.6 is 0 Å². The topological polar surface area (TPSA) is 30.5 Å². The first-order valence-electron chi connectivity index (χ1n) is 7.94. The van der Waals surface area contributed by atoms with Gasteiger partial charge in [0.05, 0.1) is 14.2 Å². The molecule has 3 heteroatoms. The molecule has 0 saturated heterocycles. The molecule has 21 heavy (non-hydrogen) atoms. The Balaban J connectivity index is 2.56. The minimum atomic E-state index is 0.328. The molecule has 0 aliphatic rings. The lowest BCUT2D eigenvalue weighted by atomic mass is 9.83. The molecule has 0 fully saturated rings. The molecule has 0 saturated carbocycles. The Labute approximate surface area is 130 Å². The predicted octanol–water partition coefficient (Wildman–Crippen LogP) is 4.05. The van der Waals surface area contributed by atoms with Crippen LogP contribution in [0.2, 0.25) is 0 Å². The van der Waals surface area contributed by atoms with Crippen LogP contribution in [0.1, 0.15) is 45.6 Å². The number of aryl methyl sites for hydroxylation is 1. The van der Waals surface area contributed by atoms with Gasteiger partial charge in [0.15, 0.2) is 0 Å². The van der Waals surface area contributed by atoms with Crippen molar-refractivity contribution in [3.05, 3.63) is 23.8 Å². The maximum atomic E-state index is 5.46. The number of ether oxygens (including phenoxy) is 2. The zero-order valence-corrected chi connectivity index (χ0v) is 14.3. The van der Waals surface area contributed by atoms with E-state index in [1.165, 1.54) is 18.4 Å². The lowest BCUT2D eigenvalue weighted by molar-refractivity contribution is 0.300. The van der Waals surface area contributed by atoms with E-state index in [9.17, 15) is 0 Å². The molecule has 120 valence electrons. The molecule has 0 spiro atoms. The third kappa shape index (κ3) is 6.38. The molecular formula is C18H31NO2. The number of methoxy groups -OCH3 is 2. The summed E-state index contributed by atoms with van der Waals surface area (Å²) < 4.78 is 10.8. The van der Waals surface area contributed by atoms with Crippen LogP contribution in [0.15, 0.2) is 18.2 Å². The van der Waals surface area contributed by atoms with Gasteiger partial charge in [-0.25, -0.2) is 0 Å². The van der Waals surface area contributed by atoms with Gasteiger partial charge < -0.3 is 14.8 Å². The highest BCUT2D eigenvalue weighted by molar-refractivity contribution is 5.40. The minimum Gasteiger partial charge on any atom is -0.497 e. The number of nitrogens with one attached hydrogen (secondary N) is 1. The quantitative estimate of drug-likeness (QED) is 0.660. The first-order chi connectivity index (χ1) is 10.0. The van der Waals surface area contributed by atoms with Crippen LogP contribution in [0.4, 0.5) is 0 Å². The van der Waals surface area contributed by atoms with Gasteiger partial charge in [-0.15, -0.1) is 0 Å². The van der Waals surface area contributed by atoms with Crippen LogP contribution in [-0.2, 0) is 6.42 Å². The molecule has 0 unspecified atom stereocenters. The predicted molar refractivity (Wildman–Crippen MR) is 89.4 cm³/mol. The number of benzene rings is 1.